The molecule has 0 unspecified atom stereocenters. The Hall–Kier alpha value is -5.92. The summed E-state index contributed by atoms with van der Waals surface area (Å²) in [6.45, 7) is 6.39. The van der Waals surface area contributed by atoms with Crippen LogP contribution in [0.4, 0.5) is 37.6 Å². The number of ether oxygens (including phenoxy) is 2. The Kier molecular flexibility index (Phi) is 12.0. The van der Waals surface area contributed by atoms with Gasteiger partial charge in [-0.3, -0.25) is 19.4 Å². The van der Waals surface area contributed by atoms with Gasteiger partial charge in [-0.1, -0.05) is 30.3 Å². The minimum atomic E-state index is -3.14. The number of amides is 2. The lowest BCUT2D eigenvalue weighted by Crippen LogP contribution is -2.44. The SMILES string of the molecule is COc1ccc(N(C(=O)Cc2cc(NC(=O)c3ccc(CN4CCN(C)CC4)c(C(C)(F)F)c3)ccc2C)c2ccnc(Nc3ccccc3)n2)c(OC)c1. The first-order chi connectivity index (χ1) is 26.4. The number of halogens is 2. The molecule has 1 fully saturated rings. The molecule has 4 aromatic carbocycles. The van der Waals surface area contributed by atoms with Gasteiger partial charge in [-0.25, -0.2) is 13.8 Å². The molecule has 2 heterocycles. The number of hydrogen-bond donors (Lipinski definition) is 2. The Labute approximate surface area is 319 Å². The van der Waals surface area contributed by atoms with Crippen LogP contribution in [0, 0.1) is 6.92 Å². The van der Waals surface area contributed by atoms with Crippen LogP contribution in [0.25, 0.3) is 0 Å². The lowest BCUT2D eigenvalue weighted by molar-refractivity contribution is -0.117. The normalized spacial score (nSPS) is 13.6. The summed E-state index contributed by atoms with van der Waals surface area (Å²) in [7, 11) is 5.09. The molecule has 2 amide bonds. The van der Waals surface area contributed by atoms with Crippen molar-refractivity contribution in [2.75, 3.05) is 63.0 Å². The number of aromatic nitrogens is 2. The van der Waals surface area contributed by atoms with Crippen molar-refractivity contribution in [2.24, 2.45) is 0 Å². The third-order valence-electron chi connectivity index (χ3n) is 9.56. The average Bonchev–Trinajstić information content (AvgIpc) is 3.17. The topological polar surface area (TPSA) is 112 Å². The van der Waals surface area contributed by atoms with Crippen LogP contribution < -0.4 is 25.0 Å². The van der Waals surface area contributed by atoms with E-state index >= 15 is 0 Å². The predicted octanol–water partition coefficient (Wildman–Crippen LogP) is 7.56. The number of alkyl halides is 2. The van der Waals surface area contributed by atoms with Gasteiger partial charge in [-0.15, -0.1) is 0 Å². The second-order valence-corrected chi connectivity index (χ2v) is 13.6. The van der Waals surface area contributed by atoms with Gasteiger partial charge in [0.1, 0.15) is 17.3 Å². The molecule has 1 aromatic heterocycles. The molecule has 1 aliphatic rings. The standard InChI is InChI=1S/C42H45F2N7O4/c1-28-11-14-33(46-40(53)29-12-13-30(35(24-29)42(2,43)44)27-50-21-19-49(3)20-22-50)23-31(28)25-39(52)51(36-16-15-34(54-4)26-37(36)55-5)38-17-18-45-41(48-38)47-32-9-7-6-8-10-32/h6-18,23-24,26H,19-22,25,27H2,1-5H3,(H,46,53)(H,45,47,48). The smallest absolute Gasteiger partial charge is 0.270 e. The van der Waals surface area contributed by atoms with E-state index in [0.717, 1.165) is 44.4 Å². The van der Waals surface area contributed by atoms with Gasteiger partial charge in [0.25, 0.3) is 11.8 Å². The zero-order valence-electron chi connectivity index (χ0n) is 31.6. The number of aryl methyl sites for hydroxylation is 1. The molecule has 0 bridgehead atoms. The van der Waals surface area contributed by atoms with Crippen LogP contribution in [0.1, 0.15) is 39.5 Å². The molecule has 11 nitrogen and oxygen atoms in total. The van der Waals surface area contributed by atoms with Crippen molar-refractivity contribution in [1.29, 1.82) is 0 Å². The number of rotatable bonds is 13. The summed E-state index contributed by atoms with van der Waals surface area (Å²) < 4.78 is 40.9. The number of hydrogen-bond acceptors (Lipinski definition) is 9. The van der Waals surface area contributed by atoms with E-state index in [9.17, 15) is 18.4 Å². The summed E-state index contributed by atoms with van der Waals surface area (Å²) in [5.41, 5.74) is 3.50. The molecule has 6 rings (SSSR count). The summed E-state index contributed by atoms with van der Waals surface area (Å²) in [6, 6.07) is 25.9. The molecule has 0 spiro atoms. The number of methoxy groups -OCH3 is 2. The fraction of sp³-hybridized carbons (Fsp3) is 0.286. The number of piperazine rings is 1. The second-order valence-electron chi connectivity index (χ2n) is 13.6. The van der Waals surface area contributed by atoms with Crippen LogP contribution in [-0.4, -0.2) is 79.0 Å². The molecule has 0 saturated carbocycles. The Morgan fingerprint density at radius 2 is 1.64 bits per heavy atom. The molecule has 0 radical (unpaired) electrons. The first-order valence-electron chi connectivity index (χ1n) is 17.9. The van der Waals surface area contributed by atoms with E-state index in [0.29, 0.717) is 46.4 Å². The van der Waals surface area contributed by atoms with Gasteiger partial charge < -0.3 is 25.0 Å². The minimum absolute atomic E-state index is 0.0800. The number of carbonyl (C=O) groups excluding carboxylic acids is 2. The van der Waals surface area contributed by atoms with Crippen LogP contribution in [0.5, 0.6) is 11.5 Å². The van der Waals surface area contributed by atoms with Crippen molar-refractivity contribution in [3.63, 3.8) is 0 Å². The van der Waals surface area contributed by atoms with Gasteiger partial charge in [0.15, 0.2) is 0 Å². The van der Waals surface area contributed by atoms with Gasteiger partial charge in [-0.05, 0) is 79.2 Å². The molecular weight excluding hydrogens is 705 g/mol. The molecule has 55 heavy (non-hydrogen) atoms. The number of benzene rings is 4. The average molecular weight is 750 g/mol. The maximum Gasteiger partial charge on any atom is 0.270 e. The molecular formula is C42H45F2N7O4. The number of para-hydroxylation sites is 1. The highest BCUT2D eigenvalue weighted by Gasteiger charge is 2.30. The van der Waals surface area contributed by atoms with E-state index in [4.69, 9.17) is 9.47 Å². The van der Waals surface area contributed by atoms with Gasteiger partial charge >= 0.3 is 0 Å². The molecule has 13 heteroatoms. The monoisotopic (exact) mass is 749 g/mol. The summed E-state index contributed by atoms with van der Waals surface area (Å²) in [5.74, 6) is -2.52. The van der Waals surface area contributed by atoms with E-state index in [1.54, 1.807) is 67.9 Å². The van der Waals surface area contributed by atoms with Gasteiger partial charge in [0, 0.05) is 80.5 Å². The number of carbonyl (C=O) groups is 2. The van der Waals surface area contributed by atoms with Crippen LogP contribution in [0.2, 0.25) is 0 Å². The van der Waals surface area contributed by atoms with Gasteiger partial charge in [0.2, 0.25) is 11.9 Å². The zero-order chi connectivity index (χ0) is 39.1. The fourth-order valence-corrected chi connectivity index (χ4v) is 6.44. The fourth-order valence-electron chi connectivity index (χ4n) is 6.44. The molecule has 286 valence electrons. The molecule has 2 N–H and O–H groups in total. The van der Waals surface area contributed by atoms with Crippen molar-refractivity contribution in [3.8, 4) is 11.5 Å². The minimum Gasteiger partial charge on any atom is -0.497 e. The first kappa shape index (κ1) is 38.8. The van der Waals surface area contributed by atoms with E-state index < -0.39 is 11.8 Å². The van der Waals surface area contributed by atoms with Crippen molar-refractivity contribution >= 4 is 40.6 Å². The summed E-state index contributed by atoms with van der Waals surface area (Å²) in [5, 5.41) is 6.02. The van der Waals surface area contributed by atoms with Crippen molar-refractivity contribution in [1.82, 2.24) is 19.8 Å². The second kappa shape index (κ2) is 17.0. The van der Waals surface area contributed by atoms with E-state index in [2.05, 4.69) is 30.4 Å². The van der Waals surface area contributed by atoms with E-state index in [1.807, 2.05) is 44.3 Å². The lowest BCUT2D eigenvalue weighted by Gasteiger charge is -2.33. The molecule has 1 aliphatic heterocycles. The summed E-state index contributed by atoms with van der Waals surface area (Å²) in [6.07, 6.45) is 1.48. The lowest BCUT2D eigenvalue weighted by atomic mass is 9.98. The third kappa shape index (κ3) is 9.61. The van der Waals surface area contributed by atoms with E-state index in [1.165, 1.54) is 18.1 Å². The maximum atomic E-state index is 14.9. The highest BCUT2D eigenvalue weighted by atomic mass is 19.3. The van der Waals surface area contributed by atoms with Crippen LogP contribution in [0.3, 0.4) is 0 Å². The highest BCUT2D eigenvalue weighted by molar-refractivity contribution is 6.05. The third-order valence-corrected chi connectivity index (χ3v) is 9.56. The first-order valence-corrected chi connectivity index (χ1v) is 17.9. The largest absolute Gasteiger partial charge is 0.497 e. The molecule has 0 aliphatic carbocycles. The number of nitrogens with zero attached hydrogens (tertiary/aromatic N) is 5. The Morgan fingerprint density at radius 1 is 0.873 bits per heavy atom. The zero-order valence-corrected chi connectivity index (χ0v) is 31.6. The predicted molar refractivity (Wildman–Crippen MR) is 210 cm³/mol. The Balaban J connectivity index is 1.26. The maximum absolute atomic E-state index is 14.9. The number of anilines is 5. The Morgan fingerprint density at radius 3 is 2.35 bits per heavy atom. The molecule has 5 aromatic rings. The summed E-state index contributed by atoms with van der Waals surface area (Å²) >= 11 is 0. The van der Waals surface area contributed by atoms with Crippen molar-refractivity contribution in [3.05, 3.63) is 125 Å². The highest BCUT2D eigenvalue weighted by Crippen LogP contribution is 2.37. The Bertz CT molecular complexity index is 2140. The van der Waals surface area contributed by atoms with Crippen LogP contribution >= 0.6 is 0 Å². The van der Waals surface area contributed by atoms with Crippen LogP contribution in [-0.2, 0) is 23.7 Å². The summed E-state index contributed by atoms with van der Waals surface area (Å²) in [4.78, 5) is 42.8. The van der Waals surface area contributed by atoms with Gasteiger partial charge in [-0.2, -0.15) is 4.98 Å². The number of nitrogens with one attached hydrogen (secondary N) is 2. The van der Waals surface area contributed by atoms with Crippen molar-refractivity contribution in [2.45, 2.75) is 32.7 Å². The quantitative estimate of drug-likeness (QED) is 0.126. The molecule has 1 saturated heterocycles. The van der Waals surface area contributed by atoms with Gasteiger partial charge in [0.05, 0.1) is 26.3 Å². The molecule has 0 atom stereocenters. The van der Waals surface area contributed by atoms with Crippen molar-refractivity contribution < 1.29 is 27.8 Å². The number of likely N-dealkylation sites (N-methyl/N-ethyl adjacent to an activating group) is 1. The van der Waals surface area contributed by atoms with Crippen LogP contribution in [0.15, 0.2) is 97.2 Å². The van der Waals surface area contributed by atoms with E-state index in [-0.39, 0.29) is 29.4 Å².